The number of nitrogens with zero attached hydrogens (tertiary/aromatic N) is 4. The Labute approximate surface area is 119 Å². The fourth-order valence-corrected chi connectivity index (χ4v) is 2.68. The van der Waals surface area contributed by atoms with Crippen LogP contribution in [-0.2, 0) is 0 Å². The normalized spacial score (nSPS) is 10.9. The number of halogens is 1. The predicted molar refractivity (Wildman–Crippen MR) is 80.5 cm³/mol. The van der Waals surface area contributed by atoms with E-state index in [1.54, 1.807) is 6.20 Å². The molecule has 3 rings (SSSR count). The van der Waals surface area contributed by atoms with Gasteiger partial charge in [-0.25, -0.2) is 4.98 Å². The molecule has 0 bridgehead atoms. The van der Waals surface area contributed by atoms with E-state index in [0.717, 1.165) is 27.3 Å². The van der Waals surface area contributed by atoms with Gasteiger partial charge in [-0.2, -0.15) is 0 Å². The lowest BCUT2D eigenvalue weighted by Gasteiger charge is -2.14. The zero-order chi connectivity index (χ0) is 13.4. The first-order chi connectivity index (χ1) is 9.18. The Bertz CT molecular complexity index is 719. The van der Waals surface area contributed by atoms with E-state index in [9.17, 15) is 0 Å². The molecule has 0 saturated heterocycles. The SMILES string of the molecule is CN(C)c1cccn2c(-c3ccccn3)nc(Br)c12. The van der Waals surface area contributed by atoms with Crippen LogP contribution in [0.4, 0.5) is 5.69 Å². The summed E-state index contributed by atoms with van der Waals surface area (Å²) in [5, 5.41) is 0. The summed E-state index contributed by atoms with van der Waals surface area (Å²) >= 11 is 3.55. The van der Waals surface area contributed by atoms with Crippen LogP contribution in [0.5, 0.6) is 0 Å². The molecule has 0 aliphatic rings. The zero-order valence-electron chi connectivity index (χ0n) is 10.7. The van der Waals surface area contributed by atoms with Gasteiger partial charge in [0.15, 0.2) is 5.82 Å². The Kier molecular flexibility index (Phi) is 2.98. The van der Waals surface area contributed by atoms with Gasteiger partial charge in [-0.3, -0.25) is 9.38 Å². The predicted octanol–water partition coefficient (Wildman–Crippen LogP) is 3.22. The number of pyridine rings is 2. The minimum absolute atomic E-state index is 0.831. The molecule has 0 aliphatic heterocycles. The van der Waals surface area contributed by atoms with Crippen LogP contribution in [0.2, 0.25) is 0 Å². The molecular weight excluding hydrogens is 304 g/mol. The van der Waals surface area contributed by atoms with E-state index in [1.807, 2.05) is 44.6 Å². The van der Waals surface area contributed by atoms with Crippen LogP contribution >= 0.6 is 15.9 Å². The summed E-state index contributed by atoms with van der Waals surface area (Å²) in [5.74, 6) is 0.839. The van der Waals surface area contributed by atoms with Gasteiger partial charge in [0.1, 0.15) is 15.8 Å². The number of rotatable bonds is 2. The van der Waals surface area contributed by atoms with Gasteiger partial charge in [0, 0.05) is 26.5 Å². The van der Waals surface area contributed by atoms with Crippen LogP contribution in [0.3, 0.4) is 0 Å². The van der Waals surface area contributed by atoms with Crippen molar-refractivity contribution in [3.63, 3.8) is 0 Å². The van der Waals surface area contributed by atoms with Crippen molar-refractivity contribution in [3.8, 4) is 11.5 Å². The monoisotopic (exact) mass is 316 g/mol. The lowest BCUT2D eigenvalue weighted by atomic mass is 10.3. The number of fused-ring (bicyclic) bond motifs is 1. The summed E-state index contributed by atoms with van der Waals surface area (Å²) in [6.07, 6.45) is 3.78. The fourth-order valence-electron chi connectivity index (χ4n) is 2.12. The van der Waals surface area contributed by atoms with Crippen molar-refractivity contribution in [2.24, 2.45) is 0 Å². The second-order valence-corrected chi connectivity index (χ2v) is 5.20. The zero-order valence-corrected chi connectivity index (χ0v) is 12.3. The molecule has 5 heteroatoms. The highest BCUT2D eigenvalue weighted by atomic mass is 79.9. The summed E-state index contributed by atoms with van der Waals surface area (Å²) in [7, 11) is 4.05. The van der Waals surface area contributed by atoms with Gasteiger partial charge in [-0.05, 0) is 40.2 Å². The number of anilines is 1. The number of aromatic nitrogens is 3. The van der Waals surface area contributed by atoms with Gasteiger partial charge in [-0.1, -0.05) is 6.07 Å². The van der Waals surface area contributed by atoms with E-state index in [4.69, 9.17) is 0 Å². The van der Waals surface area contributed by atoms with Crippen molar-refractivity contribution in [1.29, 1.82) is 0 Å². The molecule has 3 aromatic rings. The van der Waals surface area contributed by atoms with Gasteiger partial charge in [-0.15, -0.1) is 0 Å². The van der Waals surface area contributed by atoms with Crippen LogP contribution in [0, 0.1) is 0 Å². The Morgan fingerprint density at radius 1 is 1.16 bits per heavy atom. The van der Waals surface area contributed by atoms with Crippen molar-refractivity contribution in [1.82, 2.24) is 14.4 Å². The molecule has 4 nitrogen and oxygen atoms in total. The molecular formula is C14H13BrN4. The number of hydrogen-bond donors (Lipinski definition) is 0. The Balaban J connectivity index is 2.32. The Morgan fingerprint density at radius 2 is 2.00 bits per heavy atom. The molecule has 0 fully saturated rings. The van der Waals surface area contributed by atoms with Crippen LogP contribution in [0.1, 0.15) is 0 Å². The first kappa shape index (κ1) is 12.2. The second-order valence-electron chi connectivity index (χ2n) is 4.45. The van der Waals surface area contributed by atoms with Crippen LogP contribution in [0.25, 0.3) is 17.0 Å². The molecule has 0 unspecified atom stereocenters. The standard InChI is InChI=1S/C14H13BrN4/c1-18(2)11-7-5-9-19-12(11)13(15)17-14(19)10-6-3-4-8-16-10/h3-9H,1-2H3. The van der Waals surface area contributed by atoms with Crippen molar-refractivity contribution >= 4 is 27.1 Å². The van der Waals surface area contributed by atoms with Crippen LogP contribution < -0.4 is 4.90 Å². The highest BCUT2D eigenvalue weighted by Gasteiger charge is 2.15. The maximum absolute atomic E-state index is 4.59. The average Bonchev–Trinajstić information content (AvgIpc) is 2.77. The minimum Gasteiger partial charge on any atom is -0.376 e. The average molecular weight is 317 g/mol. The summed E-state index contributed by atoms with van der Waals surface area (Å²) in [6, 6.07) is 9.92. The quantitative estimate of drug-likeness (QED) is 0.728. The maximum Gasteiger partial charge on any atom is 0.164 e. The minimum atomic E-state index is 0.831. The van der Waals surface area contributed by atoms with Crippen molar-refractivity contribution in [3.05, 3.63) is 47.3 Å². The van der Waals surface area contributed by atoms with Gasteiger partial charge in [0.25, 0.3) is 0 Å². The topological polar surface area (TPSA) is 33.4 Å². The van der Waals surface area contributed by atoms with Crippen molar-refractivity contribution in [2.45, 2.75) is 0 Å². The third-order valence-electron chi connectivity index (χ3n) is 2.98. The highest BCUT2D eigenvalue weighted by molar-refractivity contribution is 9.10. The molecule has 0 saturated carbocycles. The van der Waals surface area contributed by atoms with Crippen LogP contribution in [0.15, 0.2) is 47.3 Å². The molecule has 0 aliphatic carbocycles. The first-order valence-corrected chi connectivity index (χ1v) is 6.73. The van der Waals surface area contributed by atoms with Crippen molar-refractivity contribution < 1.29 is 0 Å². The van der Waals surface area contributed by atoms with E-state index in [2.05, 4.69) is 41.3 Å². The molecule has 0 radical (unpaired) electrons. The molecule has 96 valence electrons. The summed E-state index contributed by atoms with van der Waals surface area (Å²) in [4.78, 5) is 11.0. The third kappa shape index (κ3) is 2.00. The first-order valence-electron chi connectivity index (χ1n) is 5.94. The fraction of sp³-hybridized carbons (Fsp3) is 0.143. The molecule has 3 aromatic heterocycles. The molecule has 19 heavy (non-hydrogen) atoms. The van der Waals surface area contributed by atoms with Gasteiger partial charge < -0.3 is 4.90 Å². The molecule has 0 atom stereocenters. The molecule has 0 amide bonds. The van der Waals surface area contributed by atoms with Gasteiger partial charge >= 0.3 is 0 Å². The van der Waals surface area contributed by atoms with E-state index in [-0.39, 0.29) is 0 Å². The largest absolute Gasteiger partial charge is 0.376 e. The van der Waals surface area contributed by atoms with Gasteiger partial charge in [0.05, 0.1) is 5.69 Å². The van der Waals surface area contributed by atoms with Crippen molar-refractivity contribution in [2.75, 3.05) is 19.0 Å². The second kappa shape index (κ2) is 4.66. The summed E-state index contributed by atoms with van der Waals surface area (Å²) in [6.45, 7) is 0. The molecule has 0 spiro atoms. The van der Waals surface area contributed by atoms with E-state index < -0.39 is 0 Å². The lowest BCUT2D eigenvalue weighted by molar-refractivity contribution is 1.09. The molecule has 3 heterocycles. The summed E-state index contributed by atoms with van der Waals surface area (Å²) in [5.41, 5.74) is 3.02. The Hall–Kier alpha value is -1.88. The van der Waals surface area contributed by atoms with Gasteiger partial charge in [0.2, 0.25) is 0 Å². The highest BCUT2D eigenvalue weighted by Crippen LogP contribution is 2.31. The van der Waals surface area contributed by atoms with E-state index >= 15 is 0 Å². The third-order valence-corrected chi connectivity index (χ3v) is 3.53. The van der Waals surface area contributed by atoms with Crippen LogP contribution in [-0.4, -0.2) is 28.5 Å². The molecule has 0 aromatic carbocycles. The smallest absolute Gasteiger partial charge is 0.164 e. The number of hydrogen-bond acceptors (Lipinski definition) is 3. The lowest BCUT2D eigenvalue weighted by Crippen LogP contribution is -2.10. The molecule has 0 N–H and O–H groups in total. The summed E-state index contributed by atoms with van der Waals surface area (Å²) < 4.78 is 2.89. The Morgan fingerprint density at radius 3 is 2.68 bits per heavy atom. The maximum atomic E-state index is 4.59. The number of imidazole rings is 1. The van der Waals surface area contributed by atoms with E-state index in [1.165, 1.54) is 0 Å². The van der Waals surface area contributed by atoms with E-state index in [0.29, 0.717) is 0 Å².